The molecule has 2 aromatic rings. The van der Waals surface area contributed by atoms with Crippen molar-refractivity contribution in [3.05, 3.63) is 42.7 Å². The molecule has 0 bridgehead atoms. The van der Waals surface area contributed by atoms with Gasteiger partial charge in [0.2, 0.25) is 10.0 Å². The van der Waals surface area contributed by atoms with Crippen LogP contribution in [0.1, 0.15) is 19.8 Å². The zero-order chi connectivity index (χ0) is 16.9. The Hall–Kier alpha value is -2.32. The number of aromatic nitrogens is 2. The third-order valence-electron chi connectivity index (χ3n) is 3.14. The number of nitrogens with zero attached hydrogens (tertiary/aromatic N) is 2. The van der Waals surface area contributed by atoms with E-state index in [9.17, 15) is 13.2 Å². The Balaban J connectivity index is 2.22. The van der Waals surface area contributed by atoms with Gasteiger partial charge < -0.3 is 5.11 Å². The molecule has 0 saturated carbocycles. The fraction of sp³-hybridized carbons (Fsp3) is 0.267. The lowest BCUT2D eigenvalue weighted by molar-refractivity contribution is -0.139. The lowest BCUT2D eigenvalue weighted by Crippen LogP contribution is -2.40. The average molecular weight is 335 g/mol. The van der Waals surface area contributed by atoms with Gasteiger partial charge in [-0.1, -0.05) is 43.7 Å². The molecule has 2 N–H and O–H groups in total. The number of sulfonamides is 1. The predicted octanol–water partition coefficient (Wildman–Crippen LogP) is 1.68. The van der Waals surface area contributed by atoms with E-state index >= 15 is 0 Å². The summed E-state index contributed by atoms with van der Waals surface area (Å²) in [5.74, 6) is -0.815. The lowest BCUT2D eigenvalue weighted by Gasteiger charge is -2.13. The van der Waals surface area contributed by atoms with E-state index in [4.69, 9.17) is 5.11 Å². The molecule has 0 saturated heterocycles. The van der Waals surface area contributed by atoms with Gasteiger partial charge in [-0.15, -0.1) is 0 Å². The van der Waals surface area contributed by atoms with E-state index in [2.05, 4.69) is 14.7 Å². The van der Waals surface area contributed by atoms with Crippen molar-refractivity contribution >= 4 is 16.0 Å². The van der Waals surface area contributed by atoms with Crippen LogP contribution in [0.4, 0.5) is 0 Å². The maximum Gasteiger partial charge on any atom is 0.321 e. The van der Waals surface area contributed by atoms with Gasteiger partial charge in [0.05, 0.1) is 12.4 Å². The average Bonchev–Trinajstić information content (AvgIpc) is 2.55. The highest BCUT2D eigenvalue weighted by molar-refractivity contribution is 7.89. The van der Waals surface area contributed by atoms with Crippen LogP contribution in [0.2, 0.25) is 0 Å². The molecular weight excluding hydrogens is 318 g/mol. The second-order valence-electron chi connectivity index (χ2n) is 4.91. The molecule has 0 radical (unpaired) electrons. The quantitative estimate of drug-likeness (QED) is 0.796. The number of carboxylic acids is 1. The highest BCUT2D eigenvalue weighted by Crippen LogP contribution is 2.15. The van der Waals surface area contributed by atoms with Gasteiger partial charge in [0.15, 0.2) is 5.82 Å². The summed E-state index contributed by atoms with van der Waals surface area (Å²) < 4.78 is 26.6. The molecule has 0 aliphatic carbocycles. The monoisotopic (exact) mass is 335 g/mol. The van der Waals surface area contributed by atoms with Crippen LogP contribution in [-0.4, -0.2) is 35.5 Å². The largest absolute Gasteiger partial charge is 0.480 e. The summed E-state index contributed by atoms with van der Waals surface area (Å²) in [6, 6.07) is 7.96. The summed E-state index contributed by atoms with van der Waals surface area (Å²) in [5.41, 5.74) is 0.763. The summed E-state index contributed by atoms with van der Waals surface area (Å²) in [6.07, 6.45) is 3.09. The van der Waals surface area contributed by atoms with Gasteiger partial charge in [-0.25, -0.2) is 18.4 Å². The Morgan fingerprint density at radius 3 is 2.35 bits per heavy atom. The summed E-state index contributed by atoms with van der Waals surface area (Å²) in [5, 5.41) is 9.05. The van der Waals surface area contributed by atoms with Gasteiger partial charge in [0, 0.05) is 5.56 Å². The lowest BCUT2D eigenvalue weighted by atomic mass is 10.2. The zero-order valence-corrected chi connectivity index (χ0v) is 13.3. The molecule has 1 aromatic heterocycles. The van der Waals surface area contributed by atoms with Crippen LogP contribution in [0.15, 0.2) is 47.6 Å². The fourth-order valence-corrected chi connectivity index (χ4v) is 3.08. The molecule has 1 heterocycles. The van der Waals surface area contributed by atoms with Crippen LogP contribution >= 0.6 is 0 Å². The molecule has 0 aliphatic heterocycles. The minimum atomic E-state index is -3.98. The van der Waals surface area contributed by atoms with E-state index in [0.717, 1.165) is 5.56 Å². The van der Waals surface area contributed by atoms with Crippen molar-refractivity contribution in [2.45, 2.75) is 30.7 Å². The van der Waals surface area contributed by atoms with E-state index in [-0.39, 0.29) is 11.3 Å². The van der Waals surface area contributed by atoms with Crippen molar-refractivity contribution in [2.24, 2.45) is 0 Å². The van der Waals surface area contributed by atoms with Crippen LogP contribution in [0.25, 0.3) is 11.4 Å². The highest BCUT2D eigenvalue weighted by atomic mass is 32.2. The highest BCUT2D eigenvalue weighted by Gasteiger charge is 2.25. The number of rotatable bonds is 7. The minimum Gasteiger partial charge on any atom is -0.480 e. The topological polar surface area (TPSA) is 109 Å². The summed E-state index contributed by atoms with van der Waals surface area (Å²) in [4.78, 5) is 19.0. The van der Waals surface area contributed by atoms with E-state index < -0.39 is 22.0 Å². The first-order valence-corrected chi connectivity index (χ1v) is 8.55. The van der Waals surface area contributed by atoms with E-state index in [1.165, 1.54) is 12.4 Å². The Morgan fingerprint density at radius 1 is 1.22 bits per heavy atom. The molecule has 8 heteroatoms. The van der Waals surface area contributed by atoms with Crippen molar-refractivity contribution in [3.8, 4) is 11.4 Å². The smallest absolute Gasteiger partial charge is 0.321 e. The van der Waals surface area contributed by atoms with E-state index in [1.807, 2.05) is 30.3 Å². The Kier molecular flexibility index (Phi) is 5.41. The van der Waals surface area contributed by atoms with Crippen molar-refractivity contribution in [1.82, 2.24) is 14.7 Å². The number of nitrogens with one attached hydrogen (secondary N) is 1. The molecule has 1 unspecified atom stereocenters. The molecule has 0 aliphatic rings. The molecule has 1 atom stereocenters. The second-order valence-corrected chi connectivity index (χ2v) is 6.62. The van der Waals surface area contributed by atoms with E-state index in [1.54, 1.807) is 6.92 Å². The Labute approximate surface area is 134 Å². The first-order chi connectivity index (χ1) is 10.9. The van der Waals surface area contributed by atoms with Gasteiger partial charge in [-0.2, -0.15) is 4.72 Å². The van der Waals surface area contributed by atoms with Crippen LogP contribution in [0, 0.1) is 0 Å². The molecule has 0 fully saturated rings. The molecule has 1 aromatic carbocycles. The minimum absolute atomic E-state index is 0.167. The molecule has 0 amide bonds. The van der Waals surface area contributed by atoms with Crippen molar-refractivity contribution < 1.29 is 18.3 Å². The van der Waals surface area contributed by atoms with Gasteiger partial charge in [0.25, 0.3) is 0 Å². The molecule has 2 rings (SSSR count). The predicted molar refractivity (Wildman–Crippen MR) is 84.1 cm³/mol. The molecule has 23 heavy (non-hydrogen) atoms. The van der Waals surface area contributed by atoms with Gasteiger partial charge >= 0.3 is 5.97 Å². The van der Waals surface area contributed by atoms with E-state index in [0.29, 0.717) is 12.2 Å². The van der Waals surface area contributed by atoms with Gasteiger partial charge in [0.1, 0.15) is 10.9 Å². The Morgan fingerprint density at radius 2 is 1.83 bits per heavy atom. The molecule has 122 valence electrons. The summed E-state index contributed by atoms with van der Waals surface area (Å²) in [7, 11) is -3.98. The fourth-order valence-electron chi connectivity index (χ4n) is 1.97. The maximum atomic E-state index is 12.2. The maximum absolute atomic E-state index is 12.2. The third kappa shape index (κ3) is 4.33. The van der Waals surface area contributed by atoms with Crippen molar-refractivity contribution in [2.75, 3.05) is 0 Å². The number of carboxylic acid groups (broad SMARTS) is 1. The molecule has 7 nitrogen and oxygen atoms in total. The Bertz CT molecular complexity index is 761. The standard InChI is InChI=1S/C15H17N3O4S/c1-2-6-13(15(19)20)18-23(21,22)12-9-16-14(17-10-12)11-7-4-3-5-8-11/h3-5,7-10,13,18H,2,6H2,1H3,(H,19,20). The number of hydrogen-bond donors (Lipinski definition) is 2. The van der Waals surface area contributed by atoms with Crippen LogP contribution in [0.3, 0.4) is 0 Å². The van der Waals surface area contributed by atoms with Gasteiger partial charge in [-0.05, 0) is 6.42 Å². The molecular formula is C15H17N3O4S. The van der Waals surface area contributed by atoms with Crippen LogP contribution in [-0.2, 0) is 14.8 Å². The van der Waals surface area contributed by atoms with Crippen LogP contribution < -0.4 is 4.72 Å². The van der Waals surface area contributed by atoms with Gasteiger partial charge in [-0.3, -0.25) is 4.79 Å². The number of carbonyl (C=O) groups is 1. The number of benzene rings is 1. The van der Waals surface area contributed by atoms with Crippen LogP contribution in [0.5, 0.6) is 0 Å². The SMILES string of the molecule is CCCC(NS(=O)(=O)c1cnc(-c2ccccc2)nc1)C(=O)O. The van der Waals surface area contributed by atoms with Crippen molar-refractivity contribution in [3.63, 3.8) is 0 Å². The number of aliphatic carboxylic acids is 1. The first-order valence-electron chi connectivity index (χ1n) is 7.06. The summed E-state index contributed by atoms with van der Waals surface area (Å²) in [6.45, 7) is 1.78. The first kappa shape index (κ1) is 17.0. The normalized spacial score (nSPS) is 12.7. The molecule has 0 spiro atoms. The number of hydrogen-bond acceptors (Lipinski definition) is 5. The van der Waals surface area contributed by atoms with Crippen molar-refractivity contribution in [1.29, 1.82) is 0 Å². The summed E-state index contributed by atoms with van der Waals surface area (Å²) >= 11 is 0. The zero-order valence-electron chi connectivity index (χ0n) is 12.5. The second kappa shape index (κ2) is 7.30. The third-order valence-corrected chi connectivity index (χ3v) is 4.57.